The summed E-state index contributed by atoms with van der Waals surface area (Å²) in [6.07, 6.45) is 1.91. The van der Waals surface area contributed by atoms with Crippen LogP contribution in [0.15, 0.2) is 24.3 Å². The third kappa shape index (κ3) is 5.78. The maximum absolute atomic E-state index is 13.3. The van der Waals surface area contributed by atoms with E-state index in [9.17, 15) is 24.4 Å². The van der Waals surface area contributed by atoms with Gasteiger partial charge in [0.05, 0.1) is 36.2 Å². The van der Waals surface area contributed by atoms with E-state index in [0.717, 1.165) is 0 Å². The Labute approximate surface area is 194 Å². The van der Waals surface area contributed by atoms with Gasteiger partial charge in [-0.05, 0) is 37.3 Å². The zero-order valence-corrected chi connectivity index (χ0v) is 19.3. The van der Waals surface area contributed by atoms with Crippen LogP contribution in [0.3, 0.4) is 0 Å². The van der Waals surface area contributed by atoms with E-state index in [1.165, 1.54) is 4.90 Å². The second-order valence-corrected chi connectivity index (χ2v) is 9.06. The van der Waals surface area contributed by atoms with Crippen molar-refractivity contribution >= 4 is 23.6 Å². The molecule has 1 aromatic rings. The molecule has 0 radical (unpaired) electrons. The maximum Gasteiger partial charge on any atom is 0.261 e. The molecule has 1 saturated heterocycles. The molecular weight excluding hydrogens is 426 g/mol. The summed E-state index contributed by atoms with van der Waals surface area (Å²) in [5, 5.41) is 9.34. The number of unbranched alkanes of at least 4 members (excludes halogenated alkanes) is 1. The largest absolute Gasteiger partial charge is 0.378 e. The van der Waals surface area contributed by atoms with Crippen molar-refractivity contribution in [3.63, 3.8) is 0 Å². The second kappa shape index (κ2) is 11.4. The van der Waals surface area contributed by atoms with Crippen LogP contribution in [0.2, 0.25) is 0 Å². The number of amides is 4. The molecule has 0 bridgehead atoms. The third-order valence-corrected chi connectivity index (χ3v) is 6.32. The van der Waals surface area contributed by atoms with Gasteiger partial charge in [0.2, 0.25) is 11.8 Å². The van der Waals surface area contributed by atoms with E-state index >= 15 is 0 Å². The second-order valence-electron chi connectivity index (χ2n) is 9.06. The Kier molecular flexibility index (Phi) is 8.57. The molecular formula is C24H33N3O6. The molecule has 1 fully saturated rings. The number of morpholine rings is 1. The Balaban J connectivity index is 1.63. The van der Waals surface area contributed by atoms with E-state index in [4.69, 9.17) is 4.74 Å². The number of rotatable bonds is 10. The van der Waals surface area contributed by atoms with Crippen LogP contribution in [0.1, 0.15) is 60.2 Å². The monoisotopic (exact) mass is 459 g/mol. The zero-order valence-electron chi connectivity index (χ0n) is 19.3. The van der Waals surface area contributed by atoms with Gasteiger partial charge in [-0.1, -0.05) is 32.4 Å². The summed E-state index contributed by atoms with van der Waals surface area (Å²) in [6.45, 7) is 6.15. The van der Waals surface area contributed by atoms with Gasteiger partial charge in [0, 0.05) is 19.6 Å². The lowest BCUT2D eigenvalue weighted by atomic mass is 9.80. The molecule has 1 unspecified atom stereocenters. The minimum atomic E-state index is -0.699. The molecule has 3 rings (SSSR count). The molecule has 1 aromatic carbocycles. The minimum absolute atomic E-state index is 0.0963. The summed E-state index contributed by atoms with van der Waals surface area (Å²) < 4.78 is 5.34. The lowest BCUT2D eigenvalue weighted by Gasteiger charge is -2.34. The molecule has 2 atom stereocenters. The normalized spacial score (nSPS) is 17.8. The summed E-state index contributed by atoms with van der Waals surface area (Å²) in [5.41, 5.74) is 2.55. The molecule has 2 aliphatic rings. The van der Waals surface area contributed by atoms with Crippen molar-refractivity contribution < 1.29 is 29.1 Å². The molecule has 2 N–H and O–H groups in total. The summed E-state index contributed by atoms with van der Waals surface area (Å²) >= 11 is 0. The number of nitrogens with zero attached hydrogens (tertiary/aromatic N) is 2. The molecule has 33 heavy (non-hydrogen) atoms. The number of carbonyl (C=O) groups excluding carboxylic acids is 4. The molecule has 2 aliphatic heterocycles. The van der Waals surface area contributed by atoms with Gasteiger partial charge < -0.3 is 9.64 Å². The summed E-state index contributed by atoms with van der Waals surface area (Å²) in [5.74, 6) is -2.36. The SMILES string of the molecule is CC(C)CC(C(=O)N1CCOCC1)[C@@H](CCCCN1C(=O)c2ccccc2C1=O)C(=O)NO. The summed E-state index contributed by atoms with van der Waals surface area (Å²) in [7, 11) is 0. The van der Waals surface area contributed by atoms with Crippen molar-refractivity contribution in [2.24, 2.45) is 17.8 Å². The lowest BCUT2D eigenvalue weighted by Crippen LogP contribution is -2.48. The van der Waals surface area contributed by atoms with Crippen LogP contribution in [0.25, 0.3) is 0 Å². The van der Waals surface area contributed by atoms with Crippen molar-refractivity contribution in [3.8, 4) is 0 Å². The first kappa shape index (κ1) is 24.9. The number of benzene rings is 1. The highest BCUT2D eigenvalue weighted by Crippen LogP contribution is 2.29. The Bertz CT molecular complexity index is 846. The van der Waals surface area contributed by atoms with E-state index in [1.807, 2.05) is 13.8 Å². The zero-order chi connectivity index (χ0) is 24.0. The Morgan fingerprint density at radius 2 is 1.64 bits per heavy atom. The van der Waals surface area contributed by atoms with Gasteiger partial charge in [-0.2, -0.15) is 0 Å². The van der Waals surface area contributed by atoms with E-state index in [0.29, 0.717) is 63.1 Å². The van der Waals surface area contributed by atoms with Crippen LogP contribution in [0, 0.1) is 17.8 Å². The summed E-state index contributed by atoms with van der Waals surface area (Å²) in [4.78, 5) is 53.8. The van der Waals surface area contributed by atoms with E-state index in [1.54, 1.807) is 34.6 Å². The molecule has 9 nitrogen and oxygen atoms in total. The number of hydrogen-bond donors (Lipinski definition) is 2. The van der Waals surface area contributed by atoms with Crippen LogP contribution in [0.4, 0.5) is 0 Å². The fourth-order valence-corrected chi connectivity index (χ4v) is 4.64. The smallest absolute Gasteiger partial charge is 0.261 e. The highest BCUT2D eigenvalue weighted by molar-refractivity contribution is 6.21. The predicted molar refractivity (Wildman–Crippen MR) is 119 cm³/mol. The number of hydrogen-bond acceptors (Lipinski definition) is 6. The molecule has 0 saturated carbocycles. The standard InChI is InChI=1S/C24H33N3O6/c1-16(2)15-20(22(29)26-11-13-33-14-12-26)17(21(28)25-32)7-5-6-10-27-23(30)18-8-3-4-9-19(18)24(27)31/h3-4,8-9,16-17,20,32H,5-7,10-15H2,1-2H3,(H,25,28)/t17-,20?/m1/s1. The quantitative estimate of drug-likeness (QED) is 0.240. The predicted octanol–water partition coefficient (Wildman–Crippen LogP) is 2.10. The van der Waals surface area contributed by atoms with Crippen molar-refractivity contribution in [3.05, 3.63) is 35.4 Å². The van der Waals surface area contributed by atoms with Crippen LogP contribution < -0.4 is 5.48 Å². The number of hydroxylamine groups is 1. The molecule has 2 heterocycles. The van der Waals surface area contributed by atoms with E-state index < -0.39 is 17.7 Å². The van der Waals surface area contributed by atoms with Crippen LogP contribution >= 0.6 is 0 Å². The number of nitrogens with one attached hydrogen (secondary N) is 1. The van der Waals surface area contributed by atoms with Crippen molar-refractivity contribution in [1.82, 2.24) is 15.3 Å². The Morgan fingerprint density at radius 1 is 1.03 bits per heavy atom. The molecule has 4 amide bonds. The van der Waals surface area contributed by atoms with Gasteiger partial charge in [0.15, 0.2) is 0 Å². The van der Waals surface area contributed by atoms with Gasteiger partial charge in [-0.3, -0.25) is 29.3 Å². The number of carbonyl (C=O) groups is 4. The van der Waals surface area contributed by atoms with Crippen LogP contribution in [-0.4, -0.2) is 71.5 Å². The van der Waals surface area contributed by atoms with Gasteiger partial charge in [-0.15, -0.1) is 0 Å². The number of imide groups is 1. The Morgan fingerprint density at radius 3 is 2.18 bits per heavy atom. The van der Waals surface area contributed by atoms with Crippen molar-refractivity contribution in [1.29, 1.82) is 0 Å². The van der Waals surface area contributed by atoms with E-state index in [2.05, 4.69) is 0 Å². The number of ether oxygens (including phenoxy) is 1. The molecule has 0 aromatic heterocycles. The average Bonchev–Trinajstić information content (AvgIpc) is 3.07. The molecule has 9 heteroatoms. The van der Waals surface area contributed by atoms with Crippen LogP contribution in [0.5, 0.6) is 0 Å². The van der Waals surface area contributed by atoms with Gasteiger partial charge >= 0.3 is 0 Å². The van der Waals surface area contributed by atoms with Crippen LogP contribution in [-0.2, 0) is 14.3 Å². The lowest BCUT2D eigenvalue weighted by molar-refractivity contribution is -0.148. The number of fused-ring (bicyclic) bond motifs is 1. The molecule has 0 spiro atoms. The van der Waals surface area contributed by atoms with Gasteiger partial charge in [0.1, 0.15) is 0 Å². The molecule has 0 aliphatic carbocycles. The van der Waals surface area contributed by atoms with Crippen molar-refractivity contribution in [2.45, 2.75) is 39.5 Å². The molecule has 180 valence electrons. The van der Waals surface area contributed by atoms with Crippen molar-refractivity contribution in [2.75, 3.05) is 32.8 Å². The Hall–Kier alpha value is -2.78. The fraction of sp³-hybridized carbons (Fsp3) is 0.583. The fourth-order valence-electron chi connectivity index (χ4n) is 4.64. The summed E-state index contributed by atoms with van der Waals surface area (Å²) in [6, 6.07) is 6.74. The van der Waals surface area contributed by atoms with Gasteiger partial charge in [0.25, 0.3) is 11.8 Å². The first-order chi connectivity index (χ1) is 15.8. The highest BCUT2D eigenvalue weighted by atomic mass is 16.5. The first-order valence-corrected chi connectivity index (χ1v) is 11.6. The third-order valence-electron chi connectivity index (χ3n) is 6.32. The minimum Gasteiger partial charge on any atom is -0.378 e. The average molecular weight is 460 g/mol. The topological polar surface area (TPSA) is 116 Å². The highest BCUT2D eigenvalue weighted by Gasteiger charge is 2.37. The van der Waals surface area contributed by atoms with E-state index in [-0.39, 0.29) is 30.2 Å². The first-order valence-electron chi connectivity index (χ1n) is 11.6. The maximum atomic E-state index is 13.3. The van der Waals surface area contributed by atoms with Gasteiger partial charge in [-0.25, -0.2) is 5.48 Å².